The molecule has 0 spiro atoms. The quantitative estimate of drug-likeness (QED) is 0.0884. The summed E-state index contributed by atoms with van der Waals surface area (Å²) in [6.45, 7) is 19.0. The predicted octanol–water partition coefficient (Wildman–Crippen LogP) is 30.9. The normalized spacial score (nSPS) is 14.2. The van der Waals surface area contributed by atoms with E-state index in [2.05, 4.69) is 413 Å². The fourth-order valence-corrected chi connectivity index (χ4v) is 21.2. The highest BCUT2D eigenvalue weighted by Gasteiger charge is 2.40. The summed E-state index contributed by atoms with van der Waals surface area (Å²) in [6.07, 6.45) is 0. The number of fused-ring (bicyclic) bond motifs is 19. The highest BCUT2D eigenvalue weighted by atomic mass is 14.4. The van der Waals surface area contributed by atoms with Gasteiger partial charge in [-0.3, -0.25) is 0 Å². The molecule has 0 aliphatic heterocycles. The van der Waals surface area contributed by atoms with Crippen LogP contribution in [0.3, 0.4) is 0 Å². The third kappa shape index (κ3) is 10.4. The fourth-order valence-electron chi connectivity index (χ4n) is 21.2. The van der Waals surface area contributed by atoms with Crippen LogP contribution in [0, 0.1) is 11.8 Å². The van der Waals surface area contributed by atoms with Crippen LogP contribution in [-0.2, 0) is 21.7 Å². The van der Waals surface area contributed by atoms with Crippen molar-refractivity contribution < 1.29 is 0 Å². The largest absolute Gasteiger partial charge is 0.0622 e. The number of benzene rings is 19. The molecule has 19 aromatic rings. The van der Waals surface area contributed by atoms with Crippen molar-refractivity contribution in [3.8, 4) is 123 Å². The van der Waals surface area contributed by atoms with Crippen LogP contribution in [0.5, 0.6) is 0 Å². The first-order valence-electron chi connectivity index (χ1n) is 41.1. The molecule has 0 N–H and O–H groups in total. The van der Waals surface area contributed by atoms with Gasteiger partial charge in [0.05, 0.1) is 0 Å². The number of rotatable bonds is 6. The number of hydrogen-bond donors (Lipinski definition) is 0. The van der Waals surface area contributed by atoms with Crippen LogP contribution in [0.1, 0.15) is 111 Å². The van der Waals surface area contributed by atoms with Gasteiger partial charge in [0.25, 0.3) is 0 Å². The summed E-state index contributed by atoms with van der Waals surface area (Å²) >= 11 is 0. The first kappa shape index (κ1) is 69.1. The Labute approximate surface area is 679 Å². The second-order valence-electron chi connectivity index (χ2n) is 34.7. The summed E-state index contributed by atoms with van der Waals surface area (Å²) in [7, 11) is 0. The molecular weight excluding hydrogens is 1390 g/mol. The van der Waals surface area contributed by atoms with Gasteiger partial charge in [0, 0.05) is 32.8 Å². The van der Waals surface area contributed by atoms with Crippen molar-refractivity contribution >= 4 is 64.6 Å². The standard InChI is InChI=1S/2C58H42/c1-57(2)51-24-14-12-20-40(51)42-28-26-37(31-53(42)57)55-44-22-10-11-23-45(44)56(38-27-29-43-41-21-13-15-25-52(41)58(3,4)54(43)32-38)50-34-48-46(35-16-6-5-7-17-35)30-36-18-8-9-19-39(36)47(48)33-49(50)55;1-57(2)51-24-14-12-20-43(51)45-31-29-40(35-53(45)57)55-47-22-10-11-23-48(47)56(41-30-32-46-44-21-13-15-25-52(44)58(3,4)54(46)36-41)50-34-39(28-33-49(50)55)42-19-9-8-18-38(42)27-26-37-16-6-5-7-17-37/h5-34H,1-4H3;5-25,28-36H,1-4H3. The smallest absolute Gasteiger partial charge is 0.0327 e. The molecule has 0 saturated carbocycles. The van der Waals surface area contributed by atoms with Crippen LogP contribution in [-0.4, -0.2) is 0 Å². The highest BCUT2D eigenvalue weighted by Crippen LogP contribution is 2.58. The lowest BCUT2D eigenvalue weighted by molar-refractivity contribution is 0.660. The summed E-state index contributed by atoms with van der Waals surface area (Å²) in [6, 6.07) is 136. The monoisotopic (exact) mass is 1480 g/mol. The Hall–Kier alpha value is -13.7. The van der Waals surface area contributed by atoms with Gasteiger partial charge < -0.3 is 0 Å². The number of hydrogen-bond acceptors (Lipinski definition) is 0. The molecule has 0 amide bonds. The molecule has 0 unspecified atom stereocenters. The van der Waals surface area contributed by atoms with Crippen molar-refractivity contribution in [2.24, 2.45) is 0 Å². The topological polar surface area (TPSA) is 0 Å². The molecule has 0 saturated heterocycles. The van der Waals surface area contributed by atoms with Crippen molar-refractivity contribution in [2.45, 2.75) is 77.0 Å². The van der Waals surface area contributed by atoms with Gasteiger partial charge in [0.2, 0.25) is 0 Å². The van der Waals surface area contributed by atoms with Gasteiger partial charge in [-0.2, -0.15) is 0 Å². The average Bonchev–Trinajstić information content (AvgIpc) is 1.17. The Morgan fingerprint density at radius 2 is 0.474 bits per heavy atom. The Morgan fingerprint density at radius 3 is 0.905 bits per heavy atom. The van der Waals surface area contributed by atoms with E-state index >= 15 is 0 Å². The second-order valence-corrected chi connectivity index (χ2v) is 34.7. The Balaban J connectivity index is 0.000000141. The lowest BCUT2D eigenvalue weighted by atomic mass is 9.79. The molecule has 0 radical (unpaired) electrons. The molecule has 0 heteroatoms. The van der Waals surface area contributed by atoms with Crippen LogP contribution in [0.2, 0.25) is 0 Å². The Bertz CT molecular complexity index is 7490. The van der Waals surface area contributed by atoms with Gasteiger partial charge in [-0.25, -0.2) is 0 Å². The average molecular weight is 1480 g/mol. The van der Waals surface area contributed by atoms with E-state index in [9.17, 15) is 0 Å². The zero-order chi connectivity index (χ0) is 78.1. The van der Waals surface area contributed by atoms with Crippen LogP contribution in [0.4, 0.5) is 0 Å². The van der Waals surface area contributed by atoms with Crippen LogP contribution < -0.4 is 0 Å². The summed E-state index contributed by atoms with van der Waals surface area (Å²) in [4.78, 5) is 0. The first-order chi connectivity index (χ1) is 56.6. The first-order valence-corrected chi connectivity index (χ1v) is 41.1. The minimum absolute atomic E-state index is 0.0973. The Kier molecular flexibility index (Phi) is 15.4. The molecule has 548 valence electrons. The summed E-state index contributed by atoms with van der Waals surface area (Å²) in [5.41, 5.74) is 38.5. The molecule has 0 bridgehead atoms. The van der Waals surface area contributed by atoms with Crippen molar-refractivity contribution in [3.05, 3.63) is 420 Å². The van der Waals surface area contributed by atoms with E-state index < -0.39 is 0 Å². The molecule has 0 atom stereocenters. The second kappa shape index (κ2) is 25.9. The van der Waals surface area contributed by atoms with E-state index in [1.54, 1.807) is 0 Å². The van der Waals surface area contributed by atoms with Gasteiger partial charge in [-0.05, 0) is 287 Å². The third-order valence-electron chi connectivity index (χ3n) is 27.0. The van der Waals surface area contributed by atoms with Crippen LogP contribution in [0.15, 0.2) is 364 Å². The van der Waals surface area contributed by atoms with E-state index in [0.29, 0.717) is 0 Å². The zero-order valence-corrected chi connectivity index (χ0v) is 66.6. The van der Waals surface area contributed by atoms with Gasteiger partial charge in [-0.1, -0.05) is 364 Å². The lowest BCUT2D eigenvalue weighted by Gasteiger charge is -2.24. The third-order valence-corrected chi connectivity index (χ3v) is 27.0. The van der Waals surface area contributed by atoms with Crippen molar-refractivity contribution in [3.63, 3.8) is 0 Å². The molecule has 4 aliphatic rings. The Morgan fingerprint density at radius 1 is 0.164 bits per heavy atom. The maximum absolute atomic E-state index is 3.52. The van der Waals surface area contributed by atoms with E-state index in [1.807, 2.05) is 18.2 Å². The molecular formula is C116H84. The molecule has 0 fully saturated rings. The fraction of sp³-hybridized carbons (Fsp3) is 0.103. The van der Waals surface area contributed by atoms with Crippen molar-refractivity contribution in [2.75, 3.05) is 0 Å². The van der Waals surface area contributed by atoms with Gasteiger partial charge in [-0.15, -0.1) is 0 Å². The van der Waals surface area contributed by atoms with Gasteiger partial charge >= 0.3 is 0 Å². The minimum atomic E-state index is -0.107. The zero-order valence-electron chi connectivity index (χ0n) is 66.6. The van der Waals surface area contributed by atoms with Crippen LogP contribution >= 0.6 is 0 Å². The molecule has 116 heavy (non-hydrogen) atoms. The lowest BCUT2D eigenvalue weighted by Crippen LogP contribution is -2.15. The van der Waals surface area contributed by atoms with Crippen molar-refractivity contribution in [1.82, 2.24) is 0 Å². The van der Waals surface area contributed by atoms with Crippen LogP contribution in [0.25, 0.3) is 176 Å². The summed E-state index contributed by atoms with van der Waals surface area (Å²) in [5, 5.41) is 15.2. The molecule has 23 rings (SSSR count). The summed E-state index contributed by atoms with van der Waals surface area (Å²) in [5.74, 6) is 6.95. The highest BCUT2D eigenvalue weighted by molar-refractivity contribution is 6.28. The summed E-state index contributed by atoms with van der Waals surface area (Å²) < 4.78 is 0. The molecule has 0 heterocycles. The molecule has 0 nitrogen and oxygen atoms in total. The van der Waals surface area contributed by atoms with E-state index in [4.69, 9.17) is 0 Å². The van der Waals surface area contributed by atoms with E-state index in [-0.39, 0.29) is 21.7 Å². The maximum atomic E-state index is 3.52. The SMILES string of the molecule is CC1(C)c2ccccc2-c2ccc(-c3c4ccccc4c(-c4ccc5c(c4)C(C)(C)c4ccccc4-5)c4cc(-c5ccccc5C#Cc5ccccc5)ccc34)cc21.CC1(C)c2ccccc2-c2ccc(-c3c4ccccc4c(-c4ccc5c(c4)C(C)(C)c4ccccc4-5)c4cc5c(cc34)c(-c3ccccc3)cc3ccccc35)cc21. The van der Waals surface area contributed by atoms with E-state index in [0.717, 1.165) is 22.3 Å². The molecule has 19 aromatic carbocycles. The molecule has 0 aromatic heterocycles. The molecule has 4 aliphatic carbocycles. The minimum Gasteiger partial charge on any atom is -0.0622 e. The van der Waals surface area contributed by atoms with Gasteiger partial charge in [0.15, 0.2) is 0 Å². The predicted molar refractivity (Wildman–Crippen MR) is 493 cm³/mol. The maximum Gasteiger partial charge on any atom is 0.0327 e. The van der Waals surface area contributed by atoms with Crippen molar-refractivity contribution in [1.29, 1.82) is 0 Å². The van der Waals surface area contributed by atoms with Gasteiger partial charge in [0.1, 0.15) is 0 Å². The van der Waals surface area contributed by atoms with E-state index in [1.165, 1.54) is 209 Å².